The normalized spacial score (nSPS) is 18.6. The summed E-state index contributed by atoms with van der Waals surface area (Å²) in [6.07, 6.45) is 1.25. The Morgan fingerprint density at radius 1 is 1.00 bits per heavy atom. The number of aromatic amines is 1. The predicted octanol–water partition coefficient (Wildman–Crippen LogP) is 5.74. The van der Waals surface area contributed by atoms with Crippen LogP contribution in [0.4, 0.5) is 10.5 Å². The van der Waals surface area contributed by atoms with Gasteiger partial charge in [0.15, 0.2) is 0 Å². The summed E-state index contributed by atoms with van der Waals surface area (Å²) in [5.41, 5.74) is 5.63. The highest BCUT2D eigenvalue weighted by atomic mass is 16.2. The van der Waals surface area contributed by atoms with Gasteiger partial charge in [0.25, 0.3) is 11.8 Å². The van der Waals surface area contributed by atoms with Gasteiger partial charge in [-0.3, -0.25) is 14.5 Å². The summed E-state index contributed by atoms with van der Waals surface area (Å²) in [5.74, 6) is -0.148. The van der Waals surface area contributed by atoms with Crippen molar-refractivity contribution in [1.29, 1.82) is 0 Å². The highest BCUT2D eigenvalue weighted by molar-refractivity contribution is 6.24. The molecule has 2 atom stereocenters. The second-order valence-corrected chi connectivity index (χ2v) is 10.9. The van der Waals surface area contributed by atoms with Crippen molar-refractivity contribution in [3.63, 3.8) is 0 Å². The first-order chi connectivity index (χ1) is 18.9. The number of hydrogen-bond acceptors (Lipinski definition) is 3. The summed E-state index contributed by atoms with van der Waals surface area (Å²) in [6.45, 7) is 6.75. The van der Waals surface area contributed by atoms with E-state index >= 15 is 0 Å². The average Bonchev–Trinajstić information content (AvgIpc) is 3.42. The lowest BCUT2D eigenvalue weighted by Gasteiger charge is -2.36. The highest BCUT2D eigenvalue weighted by Gasteiger charge is 2.53. The maximum atomic E-state index is 14.2. The quantitative estimate of drug-likeness (QED) is 0.318. The lowest BCUT2D eigenvalue weighted by molar-refractivity contribution is -0.120. The first kappa shape index (κ1) is 24.9. The number of fused-ring (bicyclic) bond motifs is 4. The Hall–Kier alpha value is -4.39. The number of rotatable bonds is 6. The molecule has 4 aromatic rings. The molecule has 198 valence electrons. The smallest absolute Gasteiger partial charge is 0.332 e. The fourth-order valence-corrected chi connectivity index (χ4v) is 5.94. The van der Waals surface area contributed by atoms with E-state index in [2.05, 4.69) is 30.2 Å². The number of imide groups is 1. The van der Waals surface area contributed by atoms with Crippen molar-refractivity contribution in [3.8, 4) is 0 Å². The monoisotopic (exact) mass is 520 g/mol. The number of H-pyrrole nitrogens is 1. The standard InChI is InChI=1S/C32H32N4O3/c1-19(2)16-17-33-30(37)23-13-7-9-15-26(23)36-31(38)27-18-24-22-12-6-8-14-25(22)34-28(24)29(35(27)32(36)39)21-11-5-4-10-20(21)3/h4-15,19,27,29,34H,16-18H2,1-3H3,(H,33,37). The van der Waals surface area contributed by atoms with E-state index in [1.807, 2.05) is 49.4 Å². The molecule has 6 rings (SSSR count). The summed E-state index contributed by atoms with van der Waals surface area (Å²) < 4.78 is 0. The molecule has 3 aromatic carbocycles. The van der Waals surface area contributed by atoms with Crippen LogP contribution >= 0.6 is 0 Å². The maximum Gasteiger partial charge on any atom is 0.332 e. The van der Waals surface area contributed by atoms with E-state index in [9.17, 15) is 14.4 Å². The van der Waals surface area contributed by atoms with E-state index < -0.39 is 18.1 Å². The summed E-state index contributed by atoms with van der Waals surface area (Å²) in [5, 5.41) is 4.02. The molecule has 0 aliphatic carbocycles. The Morgan fingerprint density at radius 3 is 2.51 bits per heavy atom. The van der Waals surface area contributed by atoms with Gasteiger partial charge in [0, 0.05) is 29.6 Å². The van der Waals surface area contributed by atoms with E-state index in [-0.39, 0.29) is 11.8 Å². The fourth-order valence-electron chi connectivity index (χ4n) is 5.94. The zero-order valence-electron chi connectivity index (χ0n) is 22.4. The molecule has 0 bridgehead atoms. The maximum absolute atomic E-state index is 14.2. The molecule has 2 N–H and O–H groups in total. The van der Waals surface area contributed by atoms with Crippen LogP contribution in [0.25, 0.3) is 10.9 Å². The van der Waals surface area contributed by atoms with Crippen LogP contribution in [0.3, 0.4) is 0 Å². The lowest BCUT2D eigenvalue weighted by Crippen LogP contribution is -2.44. The number of hydrogen-bond donors (Lipinski definition) is 2. The molecule has 7 heteroatoms. The lowest BCUT2D eigenvalue weighted by atomic mass is 9.87. The number of aromatic nitrogens is 1. The molecule has 3 heterocycles. The van der Waals surface area contributed by atoms with E-state index in [1.54, 1.807) is 29.2 Å². The number of carbonyl (C=O) groups excluding carboxylic acids is 3. The molecule has 1 saturated heterocycles. The molecule has 1 fully saturated rings. The van der Waals surface area contributed by atoms with Crippen molar-refractivity contribution in [3.05, 3.63) is 101 Å². The van der Waals surface area contributed by atoms with Crippen LogP contribution in [0.2, 0.25) is 0 Å². The van der Waals surface area contributed by atoms with Crippen molar-refractivity contribution in [1.82, 2.24) is 15.2 Å². The second kappa shape index (κ2) is 9.73. The number of urea groups is 1. The van der Waals surface area contributed by atoms with Gasteiger partial charge in [0.1, 0.15) is 12.1 Å². The first-order valence-electron chi connectivity index (χ1n) is 13.5. The summed E-state index contributed by atoms with van der Waals surface area (Å²) in [6, 6.07) is 21.4. The Labute approximate surface area is 227 Å². The summed E-state index contributed by atoms with van der Waals surface area (Å²) in [7, 11) is 0. The molecule has 0 radical (unpaired) electrons. The third kappa shape index (κ3) is 4.09. The van der Waals surface area contributed by atoms with Gasteiger partial charge in [0.05, 0.1) is 11.3 Å². The molecule has 0 spiro atoms. The molecule has 1 aromatic heterocycles. The summed E-state index contributed by atoms with van der Waals surface area (Å²) >= 11 is 0. The van der Waals surface area contributed by atoms with Gasteiger partial charge >= 0.3 is 6.03 Å². The SMILES string of the molecule is Cc1ccccc1C1c2[nH]c3ccccc3c2CC2C(=O)N(c3ccccc3C(=O)NCCC(C)C)C(=O)N21. The van der Waals surface area contributed by atoms with E-state index in [4.69, 9.17) is 0 Å². The number of aryl methyl sites for hydroxylation is 1. The van der Waals surface area contributed by atoms with E-state index in [0.29, 0.717) is 30.1 Å². The minimum atomic E-state index is -0.675. The van der Waals surface area contributed by atoms with Gasteiger partial charge in [-0.2, -0.15) is 0 Å². The fraction of sp³-hybridized carbons (Fsp3) is 0.281. The highest BCUT2D eigenvalue weighted by Crippen LogP contribution is 2.45. The van der Waals surface area contributed by atoms with Gasteiger partial charge < -0.3 is 10.3 Å². The number of amides is 4. The second-order valence-electron chi connectivity index (χ2n) is 10.9. The number of para-hydroxylation sites is 2. The van der Waals surface area contributed by atoms with Gasteiger partial charge in [0.2, 0.25) is 0 Å². The van der Waals surface area contributed by atoms with Crippen LogP contribution in [-0.4, -0.2) is 40.3 Å². The number of carbonyl (C=O) groups is 3. The molecular formula is C32H32N4O3. The van der Waals surface area contributed by atoms with Crippen LogP contribution < -0.4 is 10.2 Å². The van der Waals surface area contributed by atoms with Crippen molar-refractivity contribution < 1.29 is 14.4 Å². The molecule has 0 saturated carbocycles. The Bertz CT molecular complexity index is 1600. The molecular weight excluding hydrogens is 488 g/mol. The molecule has 39 heavy (non-hydrogen) atoms. The van der Waals surface area contributed by atoms with Gasteiger partial charge in [-0.15, -0.1) is 0 Å². The van der Waals surface area contributed by atoms with E-state index in [1.165, 1.54) is 4.90 Å². The van der Waals surface area contributed by atoms with Gasteiger partial charge in [-0.1, -0.05) is 68.4 Å². The third-order valence-electron chi connectivity index (χ3n) is 7.93. The van der Waals surface area contributed by atoms with Crippen LogP contribution in [-0.2, 0) is 11.2 Å². The number of nitrogens with zero attached hydrogens (tertiary/aromatic N) is 2. The van der Waals surface area contributed by atoms with Gasteiger partial charge in [-0.05, 0) is 54.2 Å². The summed E-state index contributed by atoms with van der Waals surface area (Å²) in [4.78, 5) is 48.0. The molecule has 2 unspecified atom stereocenters. The van der Waals surface area contributed by atoms with Crippen LogP contribution in [0, 0.1) is 12.8 Å². The first-order valence-corrected chi connectivity index (χ1v) is 13.5. The zero-order valence-corrected chi connectivity index (χ0v) is 22.4. The number of nitrogens with one attached hydrogen (secondary N) is 2. The van der Waals surface area contributed by atoms with Crippen molar-refractivity contribution in [2.45, 2.75) is 45.7 Å². The average molecular weight is 521 g/mol. The van der Waals surface area contributed by atoms with Crippen molar-refractivity contribution >= 4 is 34.4 Å². The molecule has 7 nitrogen and oxygen atoms in total. The molecule has 2 aliphatic rings. The van der Waals surface area contributed by atoms with Crippen LogP contribution in [0.5, 0.6) is 0 Å². The van der Waals surface area contributed by atoms with Crippen LogP contribution in [0.1, 0.15) is 59.1 Å². The molecule has 2 aliphatic heterocycles. The minimum Gasteiger partial charge on any atom is -0.356 e. The third-order valence-corrected chi connectivity index (χ3v) is 7.93. The Morgan fingerprint density at radius 2 is 1.72 bits per heavy atom. The topological polar surface area (TPSA) is 85.5 Å². The largest absolute Gasteiger partial charge is 0.356 e. The number of benzene rings is 3. The Balaban J connectivity index is 1.44. The Kier molecular flexibility index (Phi) is 6.22. The van der Waals surface area contributed by atoms with E-state index in [0.717, 1.165) is 39.7 Å². The molecule has 4 amide bonds. The number of anilines is 1. The van der Waals surface area contributed by atoms with Gasteiger partial charge in [-0.25, -0.2) is 9.69 Å². The van der Waals surface area contributed by atoms with Crippen molar-refractivity contribution in [2.75, 3.05) is 11.4 Å². The van der Waals surface area contributed by atoms with Crippen molar-refractivity contribution in [2.24, 2.45) is 5.92 Å². The predicted molar refractivity (Wildman–Crippen MR) is 152 cm³/mol. The van der Waals surface area contributed by atoms with Crippen LogP contribution in [0.15, 0.2) is 72.8 Å². The zero-order chi connectivity index (χ0) is 27.3. The minimum absolute atomic E-state index is 0.289.